The van der Waals surface area contributed by atoms with Gasteiger partial charge in [0.05, 0.1) is 6.04 Å². The van der Waals surface area contributed by atoms with Gasteiger partial charge in [-0.2, -0.15) is 0 Å². The summed E-state index contributed by atoms with van der Waals surface area (Å²) in [5.74, 6) is 1.35. The first-order chi connectivity index (χ1) is 9.52. The molecule has 0 bridgehead atoms. The molecule has 1 fully saturated rings. The maximum Gasteiger partial charge on any atom is 0.241 e. The Balaban J connectivity index is 2.16. The van der Waals surface area contributed by atoms with E-state index < -0.39 is 0 Å². The summed E-state index contributed by atoms with van der Waals surface area (Å²) in [6.07, 6.45) is 2.09. The van der Waals surface area contributed by atoms with Gasteiger partial charge in [0.1, 0.15) is 6.17 Å². The summed E-state index contributed by atoms with van der Waals surface area (Å²) in [5.41, 5.74) is 0. The molecule has 1 aliphatic heterocycles. The van der Waals surface area contributed by atoms with Gasteiger partial charge < -0.3 is 4.90 Å². The molecule has 0 saturated carbocycles. The zero-order chi connectivity index (χ0) is 14.7. The van der Waals surface area contributed by atoms with Gasteiger partial charge in [0, 0.05) is 11.4 Å². The van der Waals surface area contributed by atoms with Gasteiger partial charge in [0.25, 0.3) is 0 Å². The number of thiophene rings is 1. The van der Waals surface area contributed by atoms with E-state index in [2.05, 4.69) is 50.5 Å². The maximum absolute atomic E-state index is 12.7. The highest BCUT2D eigenvalue weighted by Crippen LogP contribution is 2.31. The Kier molecular flexibility index (Phi) is 5.22. The quantitative estimate of drug-likeness (QED) is 0.869. The van der Waals surface area contributed by atoms with Gasteiger partial charge in [-0.3, -0.25) is 10.1 Å². The molecule has 1 N–H and O–H groups in total. The van der Waals surface area contributed by atoms with Crippen molar-refractivity contribution in [2.45, 2.75) is 52.7 Å². The van der Waals surface area contributed by atoms with Crippen molar-refractivity contribution in [3.05, 3.63) is 22.4 Å². The van der Waals surface area contributed by atoms with Crippen LogP contribution in [0, 0.1) is 11.8 Å². The SMILES string of the molecule is CCC(C)CN1C(=O)C(CC(C)C)NC1c1cccs1. The van der Waals surface area contributed by atoms with Crippen LogP contribution in [0.15, 0.2) is 17.5 Å². The van der Waals surface area contributed by atoms with Crippen LogP contribution < -0.4 is 5.32 Å². The molecule has 0 radical (unpaired) electrons. The molecule has 0 aromatic carbocycles. The lowest BCUT2D eigenvalue weighted by molar-refractivity contribution is -0.130. The Labute approximate surface area is 126 Å². The fourth-order valence-corrected chi connectivity index (χ4v) is 3.46. The Hall–Kier alpha value is -0.870. The second kappa shape index (κ2) is 6.72. The molecule has 0 spiro atoms. The Bertz CT molecular complexity index is 430. The highest BCUT2D eigenvalue weighted by molar-refractivity contribution is 7.10. The van der Waals surface area contributed by atoms with E-state index in [-0.39, 0.29) is 18.1 Å². The van der Waals surface area contributed by atoms with E-state index in [1.807, 2.05) is 4.90 Å². The Morgan fingerprint density at radius 2 is 2.15 bits per heavy atom. The summed E-state index contributed by atoms with van der Waals surface area (Å²) in [6, 6.07) is 4.16. The molecule has 20 heavy (non-hydrogen) atoms. The van der Waals surface area contributed by atoms with Crippen LogP contribution in [0.2, 0.25) is 0 Å². The van der Waals surface area contributed by atoms with Crippen molar-refractivity contribution in [1.29, 1.82) is 0 Å². The number of hydrogen-bond donors (Lipinski definition) is 1. The van der Waals surface area contributed by atoms with E-state index in [1.165, 1.54) is 4.88 Å². The number of nitrogens with zero attached hydrogens (tertiary/aromatic N) is 1. The van der Waals surface area contributed by atoms with Gasteiger partial charge in [-0.15, -0.1) is 11.3 Å². The summed E-state index contributed by atoms with van der Waals surface area (Å²) in [7, 11) is 0. The summed E-state index contributed by atoms with van der Waals surface area (Å²) in [4.78, 5) is 16.0. The van der Waals surface area contributed by atoms with Crippen LogP contribution in [0.4, 0.5) is 0 Å². The standard InChI is InChI=1S/C16H26N2OS/c1-5-12(4)10-18-15(14-7-6-8-20-14)17-13(16(18)19)9-11(2)3/h6-8,11-13,15,17H,5,9-10H2,1-4H3. The minimum absolute atomic E-state index is 0.0221. The number of carbonyl (C=O) groups is 1. The smallest absolute Gasteiger partial charge is 0.241 e. The Morgan fingerprint density at radius 1 is 1.40 bits per heavy atom. The van der Waals surface area contributed by atoms with Crippen molar-refractivity contribution >= 4 is 17.2 Å². The highest BCUT2D eigenvalue weighted by Gasteiger charge is 2.40. The number of hydrogen-bond acceptors (Lipinski definition) is 3. The molecule has 3 unspecified atom stereocenters. The number of amides is 1. The first-order valence-corrected chi connectivity index (χ1v) is 8.50. The molecule has 4 heteroatoms. The van der Waals surface area contributed by atoms with Crippen LogP contribution >= 0.6 is 11.3 Å². The fourth-order valence-electron chi connectivity index (χ4n) is 2.66. The molecule has 1 saturated heterocycles. The van der Waals surface area contributed by atoms with Crippen LogP contribution in [-0.4, -0.2) is 23.4 Å². The number of nitrogens with one attached hydrogen (secondary N) is 1. The molecule has 3 atom stereocenters. The normalized spacial score (nSPS) is 24.6. The first kappa shape index (κ1) is 15.5. The van der Waals surface area contributed by atoms with Crippen molar-refractivity contribution in [3.8, 4) is 0 Å². The summed E-state index contributed by atoms with van der Waals surface area (Å²) >= 11 is 1.73. The molecule has 1 aromatic rings. The highest BCUT2D eigenvalue weighted by atomic mass is 32.1. The summed E-state index contributed by atoms with van der Waals surface area (Å²) in [6.45, 7) is 9.59. The van der Waals surface area contributed by atoms with Gasteiger partial charge >= 0.3 is 0 Å². The lowest BCUT2D eigenvalue weighted by Crippen LogP contribution is -2.34. The van der Waals surface area contributed by atoms with Crippen LogP contribution in [0.3, 0.4) is 0 Å². The lowest BCUT2D eigenvalue weighted by Gasteiger charge is -2.26. The van der Waals surface area contributed by atoms with E-state index in [9.17, 15) is 4.79 Å². The second-order valence-corrected chi connectivity index (χ2v) is 7.25. The molecule has 0 aliphatic carbocycles. The van der Waals surface area contributed by atoms with E-state index in [0.29, 0.717) is 11.8 Å². The largest absolute Gasteiger partial charge is 0.320 e. The van der Waals surface area contributed by atoms with Crippen molar-refractivity contribution in [1.82, 2.24) is 10.2 Å². The molecular weight excluding hydrogens is 268 g/mol. The van der Waals surface area contributed by atoms with Crippen molar-refractivity contribution in [3.63, 3.8) is 0 Å². The zero-order valence-corrected chi connectivity index (χ0v) is 13.7. The average molecular weight is 294 g/mol. The monoisotopic (exact) mass is 294 g/mol. The van der Waals surface area contributed by atoms with Gasteiger partial charge in [0.2, 0.25) is 5.91 Å². The van der Waals surface area contributed by atoms with Gasteiger partial charge in [-0.25, -0.2) is 0 Å². The lowest BCUT2D eigenvalue weighted by atomic mass is 10.0. The third-order valence-corrected chi connectivity index (χ3v) is 4.90. The molecule has 3 nitrogen and oxygen atoms in total. The minimum Gasteiger partial charge on any atom is -0.320 e. The number of carbonyl (C=O) groups excluding carboxylic acids is 1. The van der Waals surface area contributed by atoms with Crippen LogP contribution in [0.5, 0.6) is 0 Å². The topological polar surface area (TPSA) is 32.3 Å². The molecule has 1 aliphatic rings. The maximum atomic E-state index is 12.7. The van der Waals surface area contributed by atoms with Crippen molar-refractivity contribution in [2.75, 3.05) is 6.54 Å². The van der Waals surface area contributed by atoms with Crippen LogP contribution in [0.1, 0.15) is 51.6 Å². The van der Waals surface area contributed by atoms with E-state index in [1.54, 1.807) is 11.3 Å². The average Bonchev–Trinajstić information content (AvgIpc) is 3.01. The van der Waals surface area contributed by atoms with E-state index in [0.717, 1.165) is 19.4 Å². The molecule has 1 amide bonds. The van der Waals surface area contributed by atoms with Crippen LogP contribution in [-0.2, 0) is 4.79 Å². The third kappa shape index (κ3) is 3.41. The predicted molar refractivity (Wildman–Crippen MR) is 84.6 cm³/mol. The van der Waals surface area contributed by atoms with Crippen molar-refractivity contribution in [2.24, 2.45) is 11.8 Å². The second-order valence-electron chi connectivity index (χ2n) is 6.27. The molecule has 1 aromatic heterocycles. The number of rotatable bonds is 6. The van der Waals surface area contributed by atoms with E-state index >= 15 is 0 Å². The summed E-state index contributed by atoms with van der Waals surface area (Å²) < 4.78 is 0. The first-order valence-electron chi connectivity index (χ1n) is 7.62. The minimum atomic E-state index is -0.0221. The molecular formula is C16H26N2OS. The Morgan fingerprint density at radius 3 is 2.70 bits per heavy atom. The molecule has 112 valence electrons. The van der Waals surface area contributed by atoms with Crippen molar-refractivity contribution < 1.29 is 4.79 Å². The summed E-state index contributed by atoms with van der Waals surface area (Å²) in [5, 5.41) is 5.62. The zero-order valence-electron chi connectivity index (χ0n) is 12.9. The molecule has 2 rings (SSSR count). The van der Waals surface area contributed by atoms with E-state index in [4.69, 9.17) is 0 Å². The van der Waals surface area contributed by atoms with Gasteiger partial charge in [0.15, 0.2) is 0 Å². The molecule has 2 heterocycles. The third-order valence-electron chi connectivity index (χ3n) is 3.98. The van der Waals surface area contributed by atoms with Gasteiger partial charge in [-0.05, 0) is 29.7 Å². The van der Waals surface area contributed by atoms with Gasteiger partial charge in [-0.1, -0.05) is 40.2 Å². The predicted octanol–water partition coefficient (Wildman–Crippen LogP) is 3.64. The van der Waals surface area contributed by atoms with Crippen LogP contribution in [0.25, 0.3) is 0 Å². The fraction of sp³-hybridized carbons (Fsp3) is 0.688.